The summed E-state index contributed by atoms with van der Waals surface area (Å²) >= 11 is 0. The summed E-state index contributed by atoms with van der Waals surface area (Å²) in [5.74, 6) is 1.65. The van der Waals surface area contributed by atoms with Crippen LogP contribution < -0.4 is 10.1 Å². The molecule has 0 saturated carbocycles. The van der Waals surface area contributed by atoms with Gasteiger partial charge in [-0.1, -0.05) is 30.3 Å². The lowest BCUT2D eigenvalue weighted by atomic mass is 9.97. The number of rotatable bonds is 6. The van der Waals surface area contributed by atoms with Gasteiger partial charge in [0.15, 0.2) is 0 Å². The molecule has 0 spiro atoms. The molecule has 1 atom stereocenters. The molecular formula is C28H29N3O3. The van der Waals surface area contributed by atoms with Gasteiger partial charge in [-0.25, -0.2) is 4.98 Å². The first-order valence-corrected chi connectivity index (χ1v) is 11.6. The molecule has 34 heavy (non-hydrogen) atoms. The quantitative estimate of drug-likeness (QED) is 0.383. The maximum absolute atomic E-state index is 11.7. The predicted octanol–water partition coefficient (Wildman–Crippen LogP) is 5.60. The minimum Gasteiger partial charge on any atom is -0.493 e. The van der Waals surface area contributed by atoms with E-state index in [1.54, 1.807) is 0 Å². The number of hydrogen-bond donors (Lipinski definition) is 1. The highest BCUT2D eigenvalue weighted by Crippen LogP contribution is 2.38. The van der Waals surface area contributed by atoms with Gasteiger partial charge in [-0.2, -0.15) is 0 Å². The summed E-state index contributed by atoms with van der Waals surface area (Å²) in [6.45, 7) is 7.52. The average molecular weight is 456 g/mol. The second kappa shape index (κ2) is 8.86. The molecule has 0 radical (unpaired) electrons. The highest BCUT2D eigenvalue weighted by atomic mass is 16.5. The van der Waals surface area contributed by atoms with Gasteiger partial charge in [-0.05, 0) is 55.7 Å². The van der Waals surface area contributed by atoms with E-state index in [0.29, 0.717) is 19.6 Å². The van der Waals surface area contributed by atoms with Crippen molar-refractivity contribution in [1.82, 2.24) is 9.55 Å². The van der Waals surface area contributed by atoms with Crippen LogP contribution in [0.4, 0.5) is 5.69 Å². The lowest BCUT2D eigenvalue weighted by Gasteiger charge is -2.16. The van der Waals surface area contributed by atoms with Crippen LogP contribution in [0.5, 0.6) is 5.75 Å². The number of methoxy groups -OCH3 is 1. The molecular weight excluding hydrogens is 426 g/mol. The van der Waals surface area contributed by atoms with Gasteiger partial charge in [0.25, 0.3) is 0 Å². The molecule has 1 aromatic heterocycles. The molecule has 0 bridgehead atoms. The molecule has 1 aliphatic rings. The van der Waals surface area contributed by atoms with E-state index in [9.17, 15) is 4.79 Å². The first-order valence-electron chi connectivity index (χ1n) is 11.6. The molecule has 6 nitrogen and oxygen atoms in total. The van der Waals surface area contributed by atoms with Crippen LogP contribution in [-0.2, 0) is 16.1 Å². The normalized spacial score (nSPS) is 14.6. The smallest absolute Gasteiger partial charge is 0.306 e. The maximum atomic E-state index is 11.7. The monoisotopic (exact) mass is 455 g/mol. The number of imidazole rings is 1. The van der Waals surface area contributed by atoms with Crippen molar-refractivity contribution in [2.24, 2.45) is 0 Å². The topological polar surface area (TPSA) is 65.4 Å². The van der Waals surface area contributed by atoms with E-state index in [1.807, 2.05) is 18.2 Å². The molecule has 6 heteroatoms. The molecule has 5 rings (SSSR count). The number of carbonyl (C=O) groups excluding carboxylic acids is 1. The number of hydrogen-bond acceptors (Lipinski definition) is 5. The Bertz CT molecular complexity index is 1390. The van der Waals surface area contributed by atoms with Gasteiger partial charge < -0.3 is 14.8 Å². The average Bonchev–Trinajstić information content (AvgIpc) is 3.39. The van der Waals surface area contributed by atoms with E-state index in [2.05, 4.69) is 67.1 Å². The molecule has 3 aromatic carbocycles. The second-order valence-corrected chi connectivity index (χ2v) is 8.89. The molecule has 0 amide bonds. The van der Waals surface area contributed by atoms with Crippen LogP contribution in [0.2, 0.25) is 0 Å². The predicted molar refractivity (Wildman–Crippen MR) is 134 cm³/mol. The van der Waals surface area contributed by atoms with E-state index >= 15 is 0 Å². The molecule has 0 aliphatic carbocycles. The summed E-state index contributed by atoms with van der Waals surface area (Å²) in [6.07, 6.45) is 0.337. The molecule has 1 unspecified atom stereocenters. The molecule has 1 aliphatic heterocycles. The Morgan fingerprint density at radius 2 is 1.97 bits per heavy atom. The van der Waals surface area contributed by atoms with Crippen LogP contribution in [0.25, 0.3) is 16.7 Å². The summed E-state index contributed by atoms with van der Waals surface area (Å²) < 4.78 is 12.9. The van der Waals surface area contributed by atoms with Gasteiger partial charge >= 0.3 is 5.97 Å². The Balaban J connectivity index is 1.38. The van der Waals surface area contributed by atoms with Crippen LogP contribution in [0.3, 0.4) is 0 Å². The molecule has 0 fully saturated rings. The Morgan fingerprint density at radius 1 is 1.15 bits per heavy atom. The van der Waals surface area contributed by atoms with Crippen molar-refractivity contribution in [3.8, 4) is 11.4 Å². The Hall–Kier alpha value is -3.80. The first kappa shape index (κ1) is 22.0. The van der Waals surface area contributed by atoms with Crippen LogP contribution in [-0.4, -0.2) is 29.2 Å². The third-order valence-corrected chi connectivity index (χ3v) is 6.73. The fraction of sp³-hybridized carbons (Fsp3) is 0.286. The number of nitrogens with one attached hydrogen (secondary N) is 1. The van der Waals surface area contributed by atoms with Gasteiger partial charge in [0, 0.05) is 29.8 Å². The molecule has 2 heterocycles. The summed E-state index contributed by atoms with van der Waals surface area (Å²) in [6, 6.07) is 18.8. The number of anilines is 1. The minimum absolute atomic E-state index is 0.0484. The largest absolute Gasteiger partial charge is 0.493 e. The second-order valence-electron chi connectivity index (χ2n) is 8.89. The van der Waals surface area contributed by atoms with E-state index in [-0.39, 0.29) is 11.9 Å². The van der Waals surface area contributed by atoms with E-state index in [1.165, 1.54) is 23.8 Å². The van der Waals surface area contributed by atoms with Gasteiger partial charge in [-0.3, -0.25) is 9.36 Å². The zero-order chi connectivity index (χ0) is 23.8. The van der Waals surface area contributed by atoms with Crippen molar-refractivity contribution in [3.63, 3.8) is 0 Å². The van der Waals surface area contributed by atoms with E-state index < -0.39 is 0 Å². The number of para-hydroxylation sites is 1. The highest BCUT2D eigenvalue weighted by molar-refractivity contribution is 5.81. The first-order chi connectivity index (χ1) is 16.5. The number of ether oxygens (including phenoxy) is 2. The summed E-state index contributed by atoms with van der Waals surface area (Å²) in [7, 11) is 1.42. The van der Waals surface area contributed by atoms with Crippen LogP contribution >= 0.6 is 0 Å². The highest BCUT2D eigenvalue weighted by Gasteiger charge is 2.27. The van der Waals surface area contributed by atoms with Gasteiger partial charge in [-0.15, -0.1) is 0 Å². The Kier molecular flexibility index (Phi) is 5.74. The van der Waals surface area contributed by atoms with Crippen LogP contribution in [0.1, 0.15) is 40.4 Å². The number of esters is 1. The van der Waals surface area contributed by atoms with Gasteiger partial charge in [0.2, 0.25) is 0 Å². The number of fused-ring (bicyclic) bond motifs is 2. The van der Waals surface area contributed by atoms with Crippen molar-refractivity contribution < 1.29 is 14.3 Å². The van der Waals surface area contributed by atoms with E-state index in [0.717, 1.165) is 39.5 Å². The van der Waals surface area contributed by atoms with Crippen molar-refractivity contribution >= 4 is 22.7 Å². The number of nitrogens with zero attached hydrogens (tertiary/aromatic N) is 2. The van der Waals surface area contributed by atoms with Crippen molar-refractivity contribution in [3.05, 3.63) is 82.7 Å². The summed E-state index contributed by atoms with van der Waals surface area (Å²) in [5.41, 5.74) is 8.99. The minimum atomic E-state index is -0.213. The fourth-order valence-corrected chi connectivity index (χ4v) is 4.80. The standard InChI is InChI=1S/C28H29N3O3/c1-17-7-5-10-25-28(17)30-19(3)31(25)24-9-6-8-20(18(24)2)15-29-22-11-12-23-21(13-27(32)33-4)16-34-26(23)14-22/h5-12,14,21,29H,13,15-16H2,1-4H3. The molecule has 174 valence electrons. The van der Waals surface area contributed by atoms with Crippen LogP contribution in [0, 0.1) is 20.8 Å². The van der Waals surface area contributed by atoms with Crippen molar-refractivity contribution in [2.45, 2.75) is 39.7 Å². The van der Waals surface area contributed by atoms with Crippen molar-refractivity contribution in [1.29, 1.82) is 0 Å². The summed E-state index contributed by atoms with van der Waals surface area (Å²) in [5, 5.41) is 3.54. The Morgan fingerprint density at radius 3 is 2.79 bits per heavy atom. The van der Waals surface area contributed by atoms with E-state index in [4.69, 9.17) is 14.5 Å². The third kappa shape index (κ3) is 3.89. The third-order valence-electron chi connectivity index (χ3n) is 6.73. The lowest BCUT2D eigenvalue weighted by molar-refractivity contribution is -0.141. The number of benzene rings is 3. The van der Waals surface area contributed by atoms with Crippen LogP contribution in [0.15, 0.2) is 54.6 Å². The fourth-order valence-electron chi connectivity index (χ4n) is 4.80. The van der Waals surface area contributed by atoms with Gasteiger partial charge in [0.05, 0.1) is 36.9 Å². The lowest BCUT2D eigenvalue weighted by Crippen LogP contribution is -2.09. The molecule has 1 N–H and O–H groups in total. The number of aromatic nitrogens is 2. The van der Waals surface area contributed by atoms with Crippen molar-refractivity contribution in [2.75, 3.05) is 19.0 Å². The molecule has 4 aromatic rings. The SMILES string of the molecule is COC(=O)CC1COc2cc(NCc3cccc(-n4c(C)nc5c(C)cccc54)c3C)ccc21. The maximum Gasteiger partial charge on any atom is 0.306 e. The zero-order valence-electron chi connectivity index (χ0n) is 20.0. The number of carbonyl (C=O) groups is 1. The Labute approximate surface area is 199 Å². The number of aryl methyl sites for hydroxylation is 2. The zero-order valence-corrected chi connectivity index (χ0v) is 20.0. The van der Waals surface area contributed by atoms with Gasteiger partial charge in [0.1, 0.15) is 11.6 Å². The molecule has 0 saturated heterocycles. The summed E-state index contributed by atoms with van der Waals surface area (Å²) in [4.78, 5) is 16.5.